The molecule has 2 saturated heterocycles. The van der Waals surface area contributed by atoms with Crippen LogP contribution in [0.1, 0.15) is 25.7 Å². The molecule has 2 aliphatic rings. The van der Waals surface area contributed by atoms with Crippen LogP contribution in [-0.2, 0) is 0 Å². The summed E-state index contributed by atoms with van der Waals surface area (Å²) in [5, 5.41) is 6.04. The molecule has 5 heteroatoms. The van der Waals surface area contributed by atoms with Crippen LogP contribution < -0.4 is 10.6 Å². The smallest absolute Gasteiger partial charge is 0.314 e. The summed E-state index contributed by atoms with van der Waals surface area (Å²) in [5.41, 5.74) is 0. The van der Waals surface area contributed by atoms with E-state index in [1.165, 1.54) is 12.8 Å². The van der Waals surface area contributed by atoms with E-state index in [4.69, 9.17) is 0 Å². The van der Waals surface area contributed by atoms with E-state index in [0.29, 0.717) is 12.1 Å². The van der Waals surface area contributed by atoms with E-state index < -0.39 is 0 Å². The fourth-order valence-corrected chi connectivity index (χ4v) is 3.55. The Labute approximate surface area is 134 Å². The fourth-order valence-electron chi connectivity index (χ4n) is 3.55. The highest BCUT2D eigenvalue weighted by Gasteiger charge is 2.25. The maximum absolute atomic E-state index is 12.0. The molecule has 0 aliphatic carbocycles. The van der Waals surface area contributed by atoms with Crippen molar-refractivity contribution < 1.29 is 4.79 Å². The van der Waals surface area contributed by atoms with E-state index in [9.17, 15) is 4.79 Å². The molecule has 2 rings (SSSR count). The van der Waals surface area contributed by atoms with Crippen molar-refractivity contribution in [3.63, 3.8) is 0 Å². The summed E-state index contributed by atoms with van der Waals surface area (Å²) in [6.07, 6.45) is 8.61. The molecule has 0 spiro atoms. The number of amides is 2. The van der Waals surface area contributed by atoms with E-state index in [-0.39, 0.29) is 6.03 Å². The minimum atomic E-state index is -0.0455. The standard InChI is InChI=1S/C17H30N4O/c1-3-9-20-11-5-7-15(20)13-18-17(22)19-14-16-8-6-12-21(16)10-4-2/h3-4,15-16H,1-2,5-14H2,(H2,18,19,22). The number of rotatable bonds is 8. The average molecular weight is 306 g/mol. The number of carbonyl (C=O) groups is 1. The molecule has 2 aliphatic heterocycles. The summed E-state index contributed by atoms with van der Waals surface area (Å²) in [5.74, 6) is 0. The highest BCUT2D eigenvalue weighted by molar-refractivity contribution is 5.73. The Morgan fingerprint density at radius 3 is 1.82 bits per heavy atom. The third-order valence-corrected chi connectivity index (χ3v) is 4.72. The lowest BCUT2D eigenvalue weighted by molar-refractivity contribution is 0.224. The van der Waals surface area contributed by atoms with Crippen LogP contribution in [0.3, 0.4) is 0 Å². The lowest BCUT2D eigenvalue weighted by atomic mass is 10.2. The van der Waals surface area contributed by atoms with Gasteiger partial charge in [0.2, 0.25) is 0 Å². The first-order chi connectivity index (χ1) is 10.7. The first-order valence-corrected chi connectivity index (χ1v) is 8.46. The molecule has 2 unspecified atom stereocenters. The lowest BCUT2D eigenvalue weighted by Gasteiger charge is -2.25. The minimum absolute atomic E-state index is 0.0455. The van der Waals surface area contributed by atoms with Crippen molar-refractivity contribution in [1.29, 1.82) is 0 Å². The molecule has 0 aromatic heterocycles. The normalized spacial score (nSPS) is 26.0. The Hall–Kier alpha value is -1.33. The van der Waals surface area contributed by atoms with E-state index in [0.717, 1.165) is 52.1 Å². The molecule has 2 atom stereocenters. The Kier molecular flexibility index (Phi) is 6.93. The topological polar surface area (TPSA) is 47.6 Å². The van der Waals surface area contributed by atoms with Gasteiger partial charge in [-0.3, -0.25) is 9.80 Å². The maximum Gasteiger partial charge on any atom is 0.314 e. The summed E-state index contributed by atoms with van der Waals surface area (Å²) >= 11 is 0. The number of nitrogens with one attached hydrogen (secondary N) is 2. The van der Waals surface area contributed by atoms with Crippen LogP contribution in [0.5, 0.6) is 0 Å². The van der Waals surface area contributed by atoms with Crippen LogP contribution >= 0.6 is 0 Å². The molecule has 2 amide bonds. The summed E-state index contributed by atoms with van der Waals surface area (Å²) in [6.45, 7) is 13.1. The van der Waals surface area contributed by atoms with Gasteiger partial charge in [0.15, 0.2) is 0 Å². The largest absolute Gasteiger partial charge is 0.337 e. The van der Waals surface area contributed by atoms with Gasteiger partial charge in [0.25, 0.3) is 0 Å². The summed E-state index contributed by atoms with van der Waals surface area (Å²) in [6, 6.07) is 0.857. The Bertz CT molecular complexity index is 351. The quantitative estimate of drug-likeness (QED) is 0.670. The van der Waals surface area contributed by atoms with Crippen molar-refractivity contribution >= 4 is 6.03 Å². The molecule has 2 fully saturated rings. The number of hydrogen-bond acceptors (Lipinski definition) is 3. The van der Waals surface area contributed by atoms with Gasteiger partial charge < -0.3 is 10.6 Å². The molecule has 124 valence electrons. The molecule has 0 aromatic rings. The first kappa shape index (κ1) is 17.0. The summed E-state index contributed by atoms with van der Waals surface area (Å²) in [7, 11) is 0. The second-order valence-corrected chi connectivity index (χ2v) is 6.25. The summed E-state index contributed by atoms with van der Waals surface area (Å²) < 4.78 is 0. The van der Waals surface area contributed by atoms with E-state index in [2.05, 4.69) is 33.6 Å². The Balaban J connectivity index is 1.65. The van der Waals surface area contributed by atoms with Crippen molar-refractivity contribution in [3.8, 4) is 0 Å². The van der Waals surface area contributed by atoms with Crippen molar-refractivity contribution in [3.05, 3.63) is 25.3 Å². The highest BCUT2D eigenvalue weighted by Crippen LogP contribution is 2.17. The van der Waals surface area contributed by atoms with E-state index >= 15 is 0 Å². The van der Waals surface area contributed by atoms with Crippen LogP contribution in [0.15, 0.2) is 25.3 Å². The van der Waals surface area contributed by atoms with Crippen LogP contribution in [0.4, 0.5) is 4.79 Å². The van der Waals surface area contributed by atoms with Gasteiger partial charge in [0.05, 0.1) is 0 Å². The second-order valence-electron chi connectivity index (χ2n) is 6.25. The molecular weight excluding hydrogens is 276 g/mol. The predicted octanol–water partition coefficient (Wildman–Crippen LogP) is 1.59. The number of urea groups is 1. The number of likely N-dealkylation sites (tertiary alicyclic amines) is 2. The highest BCUT2D eigenvalue weighted by atomic mass is 16.2. The number of hydrogen-bond donors (Lipinski definition) is 2. The molecule has 2 N–H and O–H groups in total. The first-order valence-electron chi connectivity index (χ1n) is 8.46. The zero-order valence-electron chi connectivity index (χ0n) is 13.6. The van der Waals surface area contributed by atoms with Gasteiger partial charge in [0.1, 0.15) is 0 Å². The zero-order chi connectivity index (χ0) is 15.8. The van der Waals surface area contributed by atoms with Gasteiger partial charge in [-0.05, 0) is 38.8 Å². The third-order valence-electron chi connectivity index (χ3n) is 4.72. The van der Waals surface area contributed by atoms with Gasteiger partial charge in [-0.1, -0.05) is 12.2 Å². The predicted molar refractivity (Wildman–Crippen MR) is 91.0 cm³/mol. The molecule has 0 radical (unpaired) electrons. The Morgan fingerprint density at radius 1 is 0.955 bits per heavy atom. The molecule has 5 nitrogen and oxygen atoms in total. The minimum Gasteiger partial charge on any atom is -0.337 e. The second kappa shape index (κ2) is 8.96. The fraction of sp³-hybridized carbons (Fsp3) is 0.706. The van der Waals surface area contributed by atoms with Crippen molar-refractivity contribution in [1.82, 2.24) is 20.4 Å². The van der Waals surface area contributed by atoms with Crippen LogP contribution in [-0.4, -0.2) is 67.2 Å². The van der Waals surface area contributed by atoms with Crippen molar-refractivity contribution in [2.75, 3.05) is 39.3 Å². The monoisotopic (exact) mass is 306 g/mol. The third kappa shape index (κ3) is 4.85. The molecule has 2 heterocycles. The van der Waals surface area contributed by atoms with Gasteiger partial charge in [-0.15, -0.1) is 13.2 Å². The van der Waals surface area contributed by atoms with Gasteiger partial charge >= 0.3 is 6.03 Å². The maximum atomic E-state index is 12.0. The number of nitrogens with zero attached hydrogens (tertiary/aromatic N) is 2. The van der Waals surface area contributed by atoms with Crippen LogP contribution in [0.25, 0.3) is 0 Å². The zero-order valence-corrected chi connectivity index (χ0v) is 13.6. The number of carbonyl (C=O) groups excluding carboxylic acids is 1. The van der Waals surface area contributed by atoms with Gasteiger partial charge in [-0.2, -0.15) is 0 Å². The van der Waals surface area contributed by atoms with Crippen LogP contribution in [0, 0.1) is 0 Å². The molecular formula is C17H30N4O. The molecule has 0 aromatic carbocycles. The van der Waals surface area contributed by atoms with Crippen LogP contribution in [0.2, 0.25) is 0 Å². The SMILES string of the molecule is C=CCN1CCCC1CNC(=O)NCC1CCCN1CC=C. The molecule has 0 saturated carbocycles. The lowest BCUT2D eigenvalue weighted by Crippen LogP contribution is -2.47. The van der Waals surface area contributed by atoms with E-state index in [1.807, 2.05) is 12.2 Å². The van der Waals surface area contributed by atoms with Crippen molar-refractivity contribution in [2.45, 2.75) is 37.8 Å². The van der Waals surface area contributed by atoms with Gasteiger partial charge in [0, 0.05) is 38.3 Å². The van der Waals surface area contributed by atoms with Crippen molar-refractivity contribution in [2.24, 2.45) is 0 Å². The Morgan fingerprint density at radius 2 is 1.41 bits per heavy atom. The molecule has 22 heavy (non-hydrogen) atoms. The van der Waals surface area contributed by atoms with E-state index in [1.54, 1.807) is 0 Å². The van der Waals surface area contributed by atoms with Gasteiger partial charge in [-0.25, -0.2) is 4.79 Å². The summed E-state index contributed by atoms with van der Waals surface area (Å²) in [4.78, 5) is 16.8. The molecule has 0 bridgehead atoms. The average Bonchev–Trinajstić information content (AvgIpc) is 3.13.